The molecule has 0 atom stereocenters. The number of hydrogen-bond acceptors (Lipinski definition) is 4. The van der Waals surface area contributed by atoms with Crippen LogP contribution in [0.1, 0.15) is 32.1 Å². The van der Waals surface area contributed by atoms with Crippen molar-refractivity contribution in [1.82, 2.24) is 14.7 Å². The fourth-order valence-corrected chi connectivity index (χ4v) is 3.70. The van der Waals surface area contributed by atoms with Gasteiger partial charge in [-0.3, -0.25) is 0 Å². The fourth-order valence-electron chi connectivity index (χ4n) is 3.70. The van der Waals surface area contributed by atoms with Gasteiger partial charge in [0.2, 0.25) is 0 Å². The number of nitrogens with zero attached hydrogens (tertiary/aromatic N) is 3. The topological polar surface area (TPSA) is 35.7 Å². The van der Waals surface area contributed by atoms with Crippen LogP contribution in [0.25, 0.3) is 0 Å². The second-order valence-electron chi connectivity index (χ2n) is 6.89. The van der Waals surface area contributed by atoms with Crippen molar-refractivity contribution in [2.45, 2.75) is 38.1 Å². The lowest BCUT2D eigenvalue weighted by atomic mass is 9.91. The molecule has 2 aliphatic rings. The first-order valence-electron chi connectivity index (χ1n) is 8.50. The van der Waals surface area contributed by atoms with Gasteiger partial charge in [-0.15, -0.1) is 24.8 Å². The minimum atomic E-state index is 0. The summed E-state index contributed by atoms with van der Waals surface area (Å²) in [5, 5.41) is 0. The zero-order valence-corrected chi connectivity index (χ0v) is 16.0. The highest BCUT2D eigenvalue weighted by Crippen LogP contribution is 2.25. The maximum absolute atomic E-state index is 5.60. The molecule has 0 bridgehead atoms. The first-order valence-corrected chi connectivity index (χ1v) is 8.50. The molecule has 0 radical (unpaired) electrons. The largest absolute Gasteiger partial charge is 0.329 e. The molecule has 0 amide bonds. The molecule has 0 aromatic carbocycles. The van der Waals surface area contributed by atoms with Crippen LogP contribution in [0.3, 0.4) is 0 Å². The van der Waals surface area contributed by atoms with Crippen LogP contribution in [-0.2, 0) is 0 Å². The lowest BCUT2D eigenvalue weighted by Crippen LogP contribution is -2.47. The summed E-state index contributed by atoms with van der Waals surface area (Å²) in [6.45, 7) is 8.28. The molecule has 2 saturated heterocycles. The van der Waals surface area contributed by atoms with Gasteiger partial charge in [0.25, 0.3) is 0 Å². The Morgan fingerprint density at radius 3 is 2.09 bits per heavy atom. The molecule has 0 saturated carbocycles. The van der Waals surface area contributed by atoms with Crippen LogP contribution in [0.5, 0.6) is 0 Å². The molecule has 6 heteroatoms. The quantitative estimate of drug-likeness (QED) is 0.790. The Morgan fingerprint density at radius 1 is 0.955 bits per heavy atom. The van der Waals surface area contributed by atoms with Crippen molar-refractivity contribution in [3.05, 3.63) is 0 Å². The van der Waals surface area contributed by atoms with Gasteiger partial charge in [-0.2, -0.15) is 0 Å². The molecule has 0 spiro atoms. The monoisotopic (exact) mass is 354 g/mol. The van der Waals surface area contributed by atoms with E-state index < -0.39 is 0 Å². The van der Waals surface area contributed by atoms with E-state index in [1.807, 2.05) is 0 Å². The highest BCUT2D eigenvalue weighted by Gasteiger charge is 2.27. The van der Waals surface area contributed by atoms with Gasteiger partial charge in [-0.1, -0.05) is 0 Å². The number of likely N-dealkylation sites (tertiary alicyclic amines) is 2. The zero-order valence-electron chi connectivity index (χ0n) is 14.4. The summed E-state index contributed by atoms with van der Waals surface area (Å²) in [5.41, 5.74) is 5.60. The molecular formula is C16H36Cl2N4. The predicted molar refractivity (Wildman–Crippen MR) is 100 cm³/mol. The summed E-state index contributed by atoms with van der Waals surface area (Å²) in [6, 6.07) is 0.868. The number of likely N-dealkylation sites (N-methyl/N-ethyl adjacent to an activating group) is 1. The number of rotatable bonds is 6. The fraction of sp³-hybridized carbons (Fsp3) is 1.00. The van der Waals surface area contributed by atoms with Gasteiger partial charge in [-0.25, -0.2) is 0 Å². The molecule has 22 heavy (non-hydrogen) atoms. The Kier molecular flexibility index (Phi) is 12.1. The van der Waals surface area contributed by atoms with E-state index in [2.05, 4.69) is 28.8 Å². The van der Waals surface area contributed by atoms with Gasteiger partial charge in [0, 0.05) is 19.1 Å². The third-order valence-electron chi connectivity index (χ3n) is 5.28. The van der Waals surface area contributed by atoms with Gasteiger partial charge in [0.1, 0.15) is 0 Å². The SMILES string of the molecule is CN(CCN)CCC1CCN(C2CCN(C)CC2)CC1.Cl.Cl. The number of hydrogen-bond donors (Lipinski definition) is 1. The Morgan fingerprint density at radius 2 is 1.55 bits per heavy atom. The van der Waals surface area contributed by atoms with Gasteiger partial charge in [0.15, 0.2) is 0 Å². The Bertz CT molecular complexity index is 265. The number of halogens is 2. The van der Waals surface area contributed by atoms with Gasteiger partial charge < -0.3 is 20.4 Å². The highest BCUT2D eigenvalue weighted by atomic mass is 35.5. The lowest BCUT2D eigenvalue weighted by molar-refractivity contribution is 0.0817. The van der Waals surface area contributed by atoms with Crippen LogP contribution in [0.4, 0.5) is 0 Å². The molecule has 2 heterocycles. The van der Waals surface area contributed by atoms with Crippen molar-refractivity contribution < 1.29 is 0 Å². The molecule has 4 nitrogen and oxygen atoms in total. The van der Waals surface area contributed by atoms with E-state index in [4.69, 9.17) is 5.73 Å². The number of piperidine rings is 2. The molecule has 0 aromatic heterocycles. The first kappa shape index (κ1) is 22.4. The van der Waals surface area contributed by atoms with Crippen LogP contribution in [0, 0.1) is 5.92 Å². The molecule has 2 N–H and O–H groups in total. The summed E-state index contributed by atoms with van der Waals surface area (Å²) in [6.07, 6.45) is 6.92. The zero-order chi connectivity index (χ0) is 14.4. The van der Waals surface area contributed by atoms with Crippen molar-refractivity contribution >= 4 is 24.8 Å². The Balaban J connectivity index is 0.00000220. The maximum Gasteiger partial charge on any atom is 0.0120 e. The standard InChI is InChI=1S/C16H34N4.2ClH/c1-18-10-6-16(7-11-18)20-12-4-15(5-13-20)3-9-19(2)14-8-17;;/h15-16H,3-14,17H2,1-2H3;2*1H. The van der Waals surface area contributed by atoms with Crippen molar-refractivity contribution in [3.8, 4) is 0 Å². The average Bonchev–Trinajstić information content (AvgIpc) is 2.47. The summed E-state index contributed by atoms with van der Waals surface area (Å²) in [7, 11) is 4.45. The van der Waals surface area contributed by atoms with E-state index in [9.17, 15) is 0 Å². The van der Waals surface area contributed by atoms with Crippen molar-refractivity contribution in [3.63, 3.8) is 0 Å². The van der Waals surface area contributed by atoms with Crippen LogP contribution >= 0.6 is 24.8 Å². The molecule has 2 rings (SSSR count). The van der Waals surface area contributed by atoms with Crippen LogP contribution in [0.2, 0.25) is 0 Å². The third kappa shape index (κ3) is 7.33. The lowest BCUT2D eigenvalue weighted by Gasteiger charge is -2.41. The second kappa shape index (κ2) is 11.9. The highest BCUT2D eigenvalue weighted by molar-refractivity contribution is 5.85. The van der Waals surface area contributed by atoms with E-state index in [1.165, 1.54) is 64.8 Å². The minimum Gasteiger partial charge on any atom is -0.329 e. The van der Waals surface area contributed by atoms with Crippen molar-refractivity contribution in [2.24, 2.45) is 11.7 Å². The maximum atomic E-state index is 5.60. The van der Waals surface area contributed by atoms with E-state index >= 15 is 0 Å². The predicted octanol–water partition coefficient (Wildman–Crippen LogP) is 1.92. The summed E-state index contributed by atoms with van der Waals surface area (Å²) < 4.78 is 0. The third-order valence-corrected chi connectivity index (χ3v) is 5.28. The van der Waals surface area contributed by atoms with Crippen molar-refractivity contribution in [1.29, 1.82) is 0 Å². The molecule has 134 valence electrons. The molecule has 2 fully saturated rings. The Hall–Kier alpha value is 0.420. The van der Waals surface area contributed by atoms with Gasteiger partial charge >= 0.3 is 0 Å². The first-order chi connectivity index (χ1) is 9.69. The normalized spacial score (nSPS) is 22.4. The molecule has 0 aliphatic carbocycles. The van der Waals surface area contributed by atoms with Crippen LogP contribution in [-0.4, -0.2) is 80.7 Å². The van der Waals surface area contributed by atoms with E-state index in [0.717, 1.165) is 25.0 Å². The van der Waals surface area contributed by atoms with Crippen LogP contribution < -0.4 is 5.73 Å². The van der Waals surface area contributed by atoms with E-state index in [1.54, 1.807) is 0 Å². The smallest absolute Gasteiger partial charge is 0.0120 e. The van der Waals surface area contributed by atoms with E-state index in [-0.39, 0.29) is 24.8 Å². The molecular weight excluding hydrogens is 319 g/mol. The molecule has 2 aliphatic heterocycles. The minimum absolute atomic E-state index is 0. The van der Waals surface area contributed by atoms with E-state index in [0.29, 0.717) is 0 Å². The second-order valence-corrected chi connectivity index (χ2v) is 6.89. The molecule has 0 unspecified atom stereocenters. The van der Waals surface area contributed by atoms with Gasteiger partial charge in [-0.05, 0) is 84.8 Å². The molecule has 0 aromatic rings. The van der Waals surface area contributed by atoms with Gasteiger partial charge in [0.05, 0.1) is 0 Å². The van der Waals surface area contributed by atoms with Crippen molar-refractivity contribution in [2.75, 3.05) is 59.9 Å². The average molecular weight is 355 g/mol. The van der Waals surface area contributed by atoms with Crippen LogP contribution in [0.15, 0.2) is 0 Å². The number of nitrogens with two attached hydrogens (primary N) is 1. The Labute approximate surface area is 149 Å². The summed E-state index contributed by atoms with van der Waals surface area (Å²) in [4.78, 5) is 7.62. The summed E-state index contributed by atoms with van der Waals surface area (Å²) in [5.74, 6) is 0.942. The summed E-state index contributed by atoms with van der Waals surface area (Å²) >= 11 is 0.